The van der Waals surface area contributed by atoms with Gasteiger partial charge >= 0.3 is 0 Å². The quantitative estimate of drug-likeness (QED) is 0.295. The van der Waals surface area contributed by atoms with E-state index in [1.165, 1.54) is 24.3 Å². The summed E-state index contributed by atoms with van der Waals surface area (Å²) in [5, 5.41) is 6.49. The molecule has 1 aliphatic rings. The third kappa shape index (κ3) is 4.52. The Labute approximate surface area is 215 Å². The predicted molar refractivity (Wildman–Crippen MR) is 139 cm³/mol. The number of anilines is 2. The van der Waals surface area contributed by atoms with Crippen LogP contribution in [0.1, 0.15) is 52.6 Å². The van der Waals surface area contributed by atoms with Gasteiger partial charge in [-0.05, 0) is 84.9 Å². The fraction of sp³-hybridized carbons (Fsp3) is 0. The Bertz CT molecular complexity index is 1440. The van der Waals surface area contributed by atoms with Gasteiger partial charge in [0.2, 0.25) is 0 Å². The van der Waals surface area contributed by atoms with Crippen LogP contribution in [0.25, 0.3) is 0 Å². The lowest BCUT2D eigenvalue weighted by Gasteiger charge is -2.19. The molecule has 5 rings (SSSR count). The summed E-state index contributed by atoms with van der Waals surface area (Å²) in [7, 11) is 0. The first kappa shape index (κ1) is 23.5. The normalized spacial score (nSPS) is 11.9. The lowest BCUT2D eigenvalue weighted by atomic mass is 9.83. The van der Waals surface area contributed by atoms with Crippen LogP contribution in [0.4, 0.5) is 11.4 Å². The van der Waals surface area contributed by atoms with Gasteiger partial charge in [0.05, 0.1) is 0 Å². The van der Waals surface area contributed by atoms with Gasteiger partial charge in [-0.3, -0.25) is 19.2 Å². The number of halogens is 2. The van der Waals surface area contributed by atoms with E-state index in [0.717, 1.165) is 0 Å². The van der Waals surface area contributed by atoms with E-state index in [1.54, 1.807) is 60.7 Å². The summed E-state index contributed by atoms with van der Waals surface area (Å²) in [6, 6.07) is 21.9. The van der Waals surface area contributed by atoms with E-state index in [1.807, 2.05) is 0 Å². The fourth-order valence-electron chi connectivity index (χ4n) is 3.91. The Morgan fingerprint density at radius 3 is 1.22 bits per heavy atom. The summed E-state index contributed by atoms with van der Waals surface area (Å²) in [4.78, 5) is 51.5. The smallest absolute Gasteiger partial charge is 0.255 e. The second-order valence-corrected chi connectivity index (χ2v) is 8.97. The Hall–Kier alpha value is -4.26. The average Bonchev–Trinajstić information content (AvgIpc) is 2.88. The second-order valence-electron chi connectivity index (χ2n) is 8.10. The van der Waals surface area contributed by atoms with E-state index >= 15 is 0 Å². The molecule has 0 fully saturated rings. The highest BCUT2D eigenvalue weighted by atomic mass is 35.5. The van der Waals surface area contributed by atoms with Gasteiger partial charge in [-0.1, -0.05) is 23.2 Å². The predicted octanol–water partition coefficient (Wildman–Crippen LogP) is 6.27. The molecule has 8 heteroatoms. The molecule has 176 valence electrons. The van der Waals surface area contributed by atoms with Crippen molar-refractivity contribution in [2.24, 2.45) is 0 Å². The number of carbonyl (C=O) groups is 4. The fourth-order valence-corrected chi connectivity index (χ4v) is 4.17. The van der Waals surface area contributed by atoms with Crippen molar-refractivity contribution < 1.29 is 19.2 Å². The molecule has 0 radical (unpaired) electrons. The minimum absolute atomic E-state index is 0.194. The van der Waals surface area contributed by atoms with E-state index in [2.05, 4.69) is 10.6 Å². The average molecular weight is 515 g/mol. The molecule has 0 saturated heterocycles. The topological polar surface area (TPSA) is 92.3 Å². The molecule has 0 aromatic heterocycles. The maximum atomic E-state index is 13.2. The molecular formula is C28H16Cl2N2O4. The van der Waals surface area contributed by atoms with Crippen LogP contribution in [0, 0.1) is 0 Å². The van der Waals surface area contributed by atoms with E-state index in [0.29, 0.717) is 32.5 Å². The third-order valence-corrected chi connectivity index (χ3v) is 6.25. The molecule has 4 aromatic rings. The summed E-state index contributed by atoms with van der Waals surface area (Å²) in [6.07, 6.45) is 0. The molecule has 1 aliphatic carbocycles. The van der Waals surface area contributed by atoms with Gasteiger partial charge in [0, 0.05) is 54.8 Å². The molecule has 0 atom stereocenters. The summed E-state index contributed by atoms with van der Waals surface area (Å²) < 4.78 is 0. The van der Waals surface area contributed by atoms with Crippen molar-refractivity contribution >= 4 is 58.0 Å². The Morgan fingerprint density at radius 1 is 0.500 bits per heavy atom. The molecule has 2 amide bonds. The van der Waals surface area contributed by atoms with Gasteiger partial charge in [-0.15, -0.1) is 0 Å². The summed E-state index contributed by atoms with van der Waals surface area (Å²) >= 11 is 11.7. The minimum atomic E-state index is -0.373. The molecule has 2 N–H and O–H groups in total. The van der Waals surface area contributed by atoms with Crippen LogP contribution in [0.3, 0.4) is 0 Å². The van der Waals surface area contributed by atoms with Crippen molar-refractivity contribution in [2.45, 2.75) is 0 Å². The van der Waals surface area contributed by atoms with Crippen LogP contribution in [0.2, 0.25) is 10.0 Å². The van der Waals surface area contributed by atoms with Crippen LogP contribution >= 0.6 is 23.2 Å². The van der Waals surface area contributed by atoms with Gasteiger partial charge in [0.1, 0.15) is 0 Å². The monoisotopic (exact) mass is 514 g/mol. The number of benzene rings is 4. The lowest BCUT2D eigenvalue weighted by molar-refractivity contribution is 0.0979. The van der Waals surface area contributed by atoms with Crippen molar-refractivity contribution in [2.75, 3.05) is 10.6 Å². The summed E-state index contributed by atoms with van der Waals surface area (Å²) in [6.45, 7) is 0. The van der Waals surface area contributed by atoms with E-state index in [9.17, 15) is 19.2 Å². The SMILES string of the molecule is O=C(Nc1ccc2c(c1)C(=O)c1ccc(NC(=O)c3ccc(Cl)cc3)cc1C2=O)c1ccc(Cl)cc1. The van der Waals surface area contributed by atoms with Gasteiger partial charge in [-0.25, -0.2) is 0 Å². The van der Waals surface area contributed by atoms with Crippen LogP contribution in [-0.4, -0.2) is 23.4 Å². The zero-order valence-corrected chi connectivity index (χ0v) is 20.0. The van der Waals surface area contributed by atoms with E-state index in [-0.39, 0.29) is 45.6 Å². The number of rotatable bonds is 4. The molecule has 0 heterocycles. The highest BCUT2D eigenvalue weighted by Gasteiger charge is 2.30. The van der Waals surface area contributed by atoms with Crippen molar-refractivity contribution in [3.8, 4) is 0 Å². The van der Waals surface area contributed by atoms with Gasteiger partial charge < -0.3 is 10.6 Å². The molecule has 0 bridgehead atoms. The van der Waals surface area contributed by atoms with Crippen molar-refractivity contribution in [1.29, 1.82) is 0 Å². The summed E-state index contributed by atoms with van der Waals surface area (Å²) in [5.41, 5.74) is 2.39. The van der Waals surface area contributed by atoms with E-state index in [4.69, 9.17) is 23.2 Å². The highest BCUT2D eigenvalue weighted by molar-refractivity contribution is 6.31. The number of hydrogen-bond donors (Lipinski definition) is 2. The largest absolute Gasteiger partial charge is 0.322 e. The number of nitrogens with one attached hydrogen (secondary N) is 2. The summed E-state index contributed by atoms with van der Waals surface area (Å²) in [5.74, 6) is -1.44. The number of carbonyl (C=O) groups excluding carboxylic acids is 4. The van der Waals surface area contributed by atoms with Crippen LogP contribution in [0.5, 0.6) is 0 Å². The first-order valence-electron chi connectivity index (χ1n) is 10.8. The van der Waals surface area contributed by atoms with Crippen LogP contribution in [0.15, 0.2) is 84.9 Å². The van der Waals surface area contributed by atoms with Gasteiger partial charge in [-0.2, -0.15) is 0 Å². The van der Waals surface area contributed by atoms with E-state index < -0.39 is 0 Å². The number of hydrogen-bond acceptors (Lipinski definition) is 4. The van der Waals surface area contributed by atoms with Crippen molar-refractivity contribution in [3.05, 3.63) is 128 Å². The van der Waals surface area contributed by atoms with Crippen molar-refractivity contribution in [3.63, 3.8) is 0 Å². The minimum Gasteiger partial charge on any atom is -0.322 e. The first-order valence-corrected chi connectivity index (χ1v) is 11.6. The maximum Gasteiger partial charge on any atom is 0.255 e. The Kier molecular flexibility index (Phi) is 6.14. The molecule has 0 aliphatic heterocycles. The number of fused-ring (bicyclic) bond motifs is 2. The zero-order valence-electron chi connectivity index (χ0n) is 18.5. The third-order valence-electron chi connectivity index (χ3n) is 5.75. The van der Waals surface area contributed by atoms with Crippen LogP contribution in [-0.2, 0) is 0 Å². The van der Waals surface area contributed by atoms with Gasteiger partial charge in [0.15, 0.2) is 11.6 Å². The number of ketones is 2. The number of amides is 2. The maximum absolute atomic E-state index is 13.2. The molecule has 4 aromatic carbocycles. The van der Waals surface area contributed by atoms with Crippen LogP contribution < -0.4 is 10.6 Å². The standard InChI is InChI=1S/C28H16Cl2N2O4/c29-17-5-1-15(2-6-17)27(35)31-19-9-11-21-23(13-19)25(33)22-12-10-20(14-24(22)26(21)34)32-28(36)16-3-7-18(30)8-4-16/h1-14H,(H,31,35)(H,32,36). The second kappa shape index (κ2) is 9.41. The molecule has 36 heavy (non-hydrogen) atoms. The first-order chi connectivity index (χ1) is 17.3. The molecule has 0 spiro atoms. The molecular weight excluding hydrogens is 499 g/mol. The zero-order chi connectivity index (χ0) is 25.4. The molecule has 6 nitrogen and oxygen atoms in total. The molecule has 0 unspecified atom stereocenters. The Balaban J connectivity index is 1.39. The highest BCUT2D eigenvalue weighted by Crippen LogP contribution is 2.31. The lowest BCUT2D eigenvalue weighted by Crippen LogP contribution is -2.22. The molecule has 0 saturated carbocycles. The Morgan fingerprint density at radius 2 is 0.861 bits per heavy atom. The van der Waals surface area contributed by atoms with Crippen molar-refractivity contribution in [1.82, 2.24) is 0 Å². The van der Waals surface area contributed by atoms with Gasteiger partial charge in [0.25, 0.3) is 11.8 Å².